The van der Waals surface area contributed by atoms with Crippen molar-refractivity contribution in [2.75, 3.05) is 13.2 Å². The van der Waals surface area contributed by atoms with Gasteiger partial charge in [-0.1, -0.05) is 43.7 Å². The summed E-state index contributed by atoms with van der Waals surface area (Å²) in [5, 5.41) is 2.51. The minimum Gasteiger partial charge on any atom is -0.492 e. The second-order valence-electron chi connectivity index (χ2n) is 8.40. The van der Waals surface area contributed by atoms with Crippen LogP contribution in [0.2, 0.25) is 0 Å². The highest BCUT2D eigenvalue weighted by Gasteiger charge is 2.27. The molecule has 4 rings (SSSR count). The Kier molecular flexibility index (Phi) is 7.98. The van der Waals surface area contributed by atoms with Gasteiger partial charge in [0.2, 0.25) is 5.91 Å². The van der Waals surface area contributed by atoms with Crippen molar-refractivity contribution in [1.82, 2.24) is 14.5 Å². The van der Waals surface area contributed by atoms with E-state index in [1.165, 1.54) is 0 Å². The number of benzene rings is 2. The van der Waals surface area contributed by atoms with Gasteiger partial charge in [0.05, 0.1) is 35.7 Å². The molecule has 0 aliphatic heterocycles. The van der Waals surface area contributed by atoms with Crippen LogP contribution in [0.3, 0.4) is 0 Å². The SMILES string of the molecule is CCCCN(C(=O)Cc1cccs1)C(C)c1nc2ccccc2c(=O)n1-c1ccccc1OCC. The molecule has 2 aromatic heterocycles. The number of ether oxygens (including phenoxy) is 1. The first kappa shape index (κ1) is 24.7. The van der Waals surface area contributed by atoms with Gasteiger partial charge in [-0.3, -0.25) is 14.2 Å². The summed E-state index contributed by atoms with van der Waals surface area (Å²) >= 11 is 1.58. The van der Waals surface area contributed by atoms with Crippen LogP contribution in [-0.2, 0) is 11.2 Å². The summed E-state index contributed by atoms with van der Waals surface area (Å²) in [6, 6.07) is 18.3. The van der Waals surface area contributed by atoms with E-state index in [1.807, 2.05) is 78.7 Å². The van der Waals surface area contributed by atoms with Crippen molar-refractivity contribution in [2.45, 2.75) is 46.1 Å². The lowest BCUT2D eigenvalue weighted by molar-refractivity contribution is -0.132. The molecule has 1 amide bonds. The molecule has 0 N–H and O–H groups in total. The Bertz CT molecular complexity index is 1350. The second-order valence-corrected chi connectivity index (χ2v) is 9.43. The topological polar surface area (TPSA) is 64.4 Å². The highest BCUT2D eigenvalue weighted by atomic mass is 32.1. The molecule has 0 spiro atoms. The van der Waals surface area contributed by atoms with Crippen LogP contribution >= 0.6 is 11.3 Å². The Hall–Kier alpha value is -3.45. The summed E-state index contributed by atoms with van der Waals surface area (Å²) in [5.74, 6) is 1.16. The molecular formula is C28H31N3O3S. The van der Waals surface area contributed by atoms with Gasteiger partial charge in [-0.2, -0.15) is 0 Å². The van der Waals surface area contributed by atoms with Crippen LogP contribution in [0.15, 0.2) is 70.8 Å². The van der Waals surface area contributed by atoms with Gasteiger partial charge in [-0.25, -0.2) is 4.98 Å². The highest BCUT2D eigenvalue weighted by Crippen LogP contribution is 2.28. The number of hydrogen-bond donors (Lipinski definition) is 0. The first-order valence-electron chi connectivity index (χ1n) is 12.1. The third kappa shape index (κ3) is 5.30. The molecule has 0 fully saturated rings. The third-order valence-corrected chi connectivity index (χ3v) is 6.90. The van der Waals surface area contributed by atoms with Crippen molar-refractivity contribution < 1.29 is 9.53 Å². The van der Waals surface area contributed by atoms with Crippen LogP contribution in [-0.4, -0.2) is 33.5 Å². The molecule has 0 bridgehead atoms. The summed E-state index contributed by atoms with van der Waals surface area (Å²) in [4.78, 5) is 35.2. The van der Waals surface area contributed by atoms with Gasteiger partial charge in [0.25, 0.3) is 5.56 Å². The van der Waals surface area contributed by atoms with Gasteiger partial charge in [0.15, 0.2) is 0 Å². The lowest BCUT2D eigenvalue weighted by Gasteiger charge is -2.31. The summed E-state index contributed by atoms with van der Waals surface area (Å²) in [5.41, 5.74) is 1.07. The van der Waals surface area contributed by atoms with E-state index in [9.17, 15) is 9.59 Å². The number of nitrogens with zero attached hydrogens (tertiary/aromatic N) is 3. The fourth-order valence-corrected chi connectivity index (χ4v) is 4.94. The van der Waals surface area contributed by atoms with Crippen molar-refractivity contribution in [3.63, 3.8) is 0 Å². The van der Waals surface area contributed by atoms with Gasteiger partial charge in [-0.05, 0) is 56.0 Å². The summed E-state index contributed by atoms with van der Waals surface area (Å²) in [6.07, 6.45) is 2.16. The quantitative estimate of drug-likeness (QED) is 0.283. The fraction of sp³-hybridized carbons (Fsp3) is 0.321. The third-order valence-electron chi connectivity index (χ3n) is 6.03. The van der Waals surface area contributed by atoms with Gasteiger partial charge in [0.1, 0.15) is 11.6 Å². The van der Waals surface area contributed by atoms with Gasteiger partial charge >= 0.3 is 0 Å². The summed E-state index contributed by atoms with van der Waals surface area (Å²) < 4.78 is 7.49. The Morgan fingerprint density at radius 3 is 2.60 bits per heavy atom. The molecule has 0 saturated heterocycles. The average molecular weight is 490 g/mol. The zero-order valence-electron chi connectivity index (χ0n) is 20.4. The maximum Gasteiger partial charge on any atom is 0.266 e. The van der Waals surface area contributed by atoms with Crippen molar-refractivity contribution in [1.29, 1.82) is 0 Å². The number of aromatic nitrogens is 2. The number of unbranched alkanes of at least 4 members (excludes halogenated alkanes) is 1. The minimum absolute atomic E-state index is 0.0282. The molecule has 1 atom stereocenters. The van der Waals surface area contributed by atoms with Gasteiger partial charge < -0.3 is 9.64 Å². The second kappa shape index (κ2) is 11.3. The van der Waals surface area contributed by atoms with Crippen LogP contribution in [0.5, 0.6) is 5.75 Å². The first-order valence-corrected chi connectivity index (χ1v) is 13.0. The predicted octanol–water partition coefficient (Wildman–Crippen LogP) is 5.78. The molecule has 4 aromatic rings. The molecule has 6 nitrogen and oxygen atoms in total. The van der Waals surface area contributed by atoms with E-state index in [1.54, 1.807) is 22.0 Å². The van der Waals surface area contributed by atoms with Crippen LogP contribution < -0.4 is 10.3 Å². The van der Waals surface area contributed by atoms with Crippen LogP contribution in [0.4, 0.5) is 0 Å². The monoisotopic (exact) mass is 489 g/mol. The normalized spacial score (nSPS) is 12.0. The Balaban J connectivity index is 1.88. The van der Waals surface area contributed by atoms with Crippen LogP contribution in [0, 0.1) is 0 Å². The number of hydrogen-bond acceptors (Lipinski definition) is 5. The number of amides is 1. The highest BCUT2D eigenvalue weighted by molar-refractivity contribution is 7.10. The minimum atomic E-state index is -0.416. The smallest absolute Gasteiger partial charge is 0.266 e. The Morgan fingerprint density at radius 1 is 1.09 bits per heavy atom. The first-order chi connectivity index (χ1) is 17.0. The van der Waals surface area contributed by atoms with Crippen molar-refractivity contribution in [2.24, 2.45) is 0 Å². The van der Waals surface area contributed by atoms with E-state index in [2.05, 4.69) is 6.92 Å². The van der Waals surface area contributed by atoms with Crippen molar-refractivity contribution in [3.05, 3.63) is 87.1 Å². The largest absolute Gasteiger partial charge is 0.492 e. The molecule has 0 aliphatic carbocycles. The molecule has 182 valence electrons. The van der Waals surface area contributed by atoms with Crippen LogP contribution in [0.1, 0.15) is 50.4 Å². The number of fused-ring (bicyclic) bond motifs is 1. The maximum atomic E-state index is 13.8. The molecule has 2 aromatic carbocycles. The molecule has 1 unspecified atom stereocenters. The molecular weight excluding hydrogens is 458 g/mol. The van der Waals surface area contributed by atoms with Crippen molar-refractivity contribution in [3.8, 4) is 11.4 Å². The maximum absolute atomic E-state index is 13.8. The number of para-hydroxylation sites is 3. The average Bonchev–Trinajstić information content (AvgIpc) is 3.38. The molecule has 35 heavy (non-hydrogen) atoms. The number of carbonyl (C=O) groups is 1. The van der Waals surface area contributed by atoms with Gasteiger partial charge in [-0.15, -0.1) is 11.3 Å². The van der Waals surface area contributed by atoms with E-state index in [0.717, 1.165) is 17.7 Å². The van der Waals surface area contributed by atoms with E-state index in [0.29, 0.717) is 47.7 Å². The zero-order chi connectivity index (χ0) is 24.8. The molecule has 0 saturated carbocycles. The fourth-order valence-electron chi connectivity index (χ4n) is 4.25. The lowest BCUT2D eigenvalue weighted by Crippen LogP contribution is -2.38. The van der Waals surface area contributed by atoms with E-state index < -0.39 is 6.04 Å². The molecule has 0 radical (unpaired) electrons. The molecule has 2 heterocycles. The number of carbonyl (C=O) groups excluding carboxylic acids is 1. The van der Waals surface area contributed by atoms with E-state index >= 15 is 0 Å². The molecule has 7 heteroatoms. The van der Waals surface area contributed by atoms with Crippen LogP contribution in [0.25, 0.3) is 16.6 Å². The number of rotatable bonds is 10. The van der Waals surface area contributed by atoms with E-state index in [4.69, 9.17) is 9.72 Å². The lowest BCUT2D eigenvalue weighted by atomic mass is 10.1. The predicted molar refractivity (Wildman–Crippen MR) is 142 cm³/mol. The molecule has 0 aliphatic rings. The zero-order valence-corrected chi connectivity index (χ0v) is 21.3. The standard InChI is InChI=1S/C28H31N3O3S/c1-4-6-17-30(26(32)19-21-12-11-18-35-21)20(3)27-29-23-14-8-7-13-22(23)28(33)31(27)24-15-9-10-16-25(24)34-5-2/h7-16,18,20H,4-6,17,19H2,1-3H3. The van der Waals surface area contributed by atoms with Crippen molar-refractivity contribution >= 4 is 28.1 Å². The van der Waals surface area contributed by atoms with E-state index in [-0.39, 0.29) is 11.5 Å². The Morgan fingerprint density at radius 2 is 1.86 bits per heavy atom. The Labute approximate surface area is 209 Å². The van der Waals surface area contributed by atoms with Gasteiger partial charge in [0, 0.05) is 11.4 Å². The number of thiophene rings is 1. The summed E-state index contributed by atoms with van der Waals surface area (Å²) in [7, 11) is 0. The summed E-state index contributed by atoms with van der Waals surface area (Å²) in [6.45, 7) is 7.04.